The first-order valence-corrected chi connectivity index (χ1v) is 6.90. The van der Waals surface area contributed by atoms with Crippen LogP contribution in [0.15, 0.2) is 42.5 Å². The van der Waals surface area contributed by atoms with Gasteiger partial charge < -0.3 is 15.2 Å². The van der Waals surface area contributed by atoms with Crippen molar-refractivity contribution in [1.82, 2.24) is 0 Å². The number of carboxylic acids is 1. The summed E-state index contributed by atoms with van der Waals surface area (Å²) in [4.78, 5) is 11.0. The summed E-state index contributed by atoms with van der Waals surface area (Å²) in [7, 11) is 0. The van der Waals surface area contributed by atoms with Crippen LogP contribution in [0.4, 0.5) is 5.69 Å². The highest BCUT2D eigenvalue weighted by molar-refractivity contribution is 5.89. The zero-order chi connectivity index (χ0) is 15.2. The molecule has 0 spiro atoms. The molecule has 2 rings (SSSR count). The lowest BCUT2D eigenvalue weighted by molar-refractivity contribution is 0.0697. The largest absolute Gasteiger partial charge is 0.494 e. The van der Waals surface area contributed by atoms with Gasteiger partial charge in [0.2, 0.25) is 0 Å². The van der Waals surface area contributed by atoms with Crippen molar-refractivity contribution < 1.29 is 14.6 Å². The Labute approximate surface area is 124 Å². The second kappa shape index (κ2) is 6.79. The van der Waals surface area contributed by atoms with Gasteiger partial charge in [-0.1, -0.05) is 24.3 Å². The van der Waals surface area contributed by atoms with Crippen LogP contribution in [0.5, 0.6) is 5.75 Å². The van der Waals surface area contributed by atoms with Crippen LogP contribution >= 0.6 is 0 Å². The number of carbonyl (C=O) groups is 1. The monoisotopic (exact) mass is 285 g/mol. The van der Waals surface area contributed by atoms with Crippen molar-refractivity contribution >= 4 is 11.7 Å². The molecule has 0 bridgehead atoms. The fourth-order valence-corrected chi connectivity index (χ4v) is 2.08. The smallest absolute Gasteiger partial charge is 0.335 e. The number of benzene rings is 2. The molecular formula is C17H19NO3. The van der Waals surface area contributed by atoms with Gasteiger partial charge in [0.25, 0.3) is 0 Å². The maximum atomic E-state index is 11.0. The average molecular weight is 285 g/mol. The van der Waals surface area contributed by atoms with Gasteiger partial charge in [-0.3, -0.25) is 0 Å². The molecule has 0 amide bonds. The number of hydrogen-bond acceptors (Lipinski definition) is 3. The first-order valence-electron chi connectivity index (χ1n) is 6.90. The van der Waals surface area contributed by atoms with E-state index in [-0.39, 0.29) is 5.56 Å². The number of nitrogens with one attached hydrogen (secondary N) is 1. The van der Waals surface area contributed by atoms with Crippen molar-refractivity contribution in [2.75, 3.05) is 11.9 Å². The Morgan fingerprint density at radius 3 is 2.71 bits per heavy atom. The normalized spacial score (nSPS) is 10.2. The lowest BCUT2D eigenvalue weighted by Crippen LogP contribution is -2.05. The number of carboxylic acid groups (broad SMARTS) is 1. The molecule has 0 aliphatic rings. The molecule has 2 aromatic carbocycles. The van der Waals surface area contributed by atoms with E-state index < -0.39 is 5.97 Å². The average Bonchev–Trinajstić information content (AvgIpc) is 2.48. The number of ether oxygens (including phenoxy) is 1. The van der Waals surface area contributed by atoms with Crippen LogP contribution in [0, 0.1) is 6.92 Å². The first kappa shape index (κ1) is 14.9. The van der Waals surface area contributed by atoms with E-state index in [9.17, 15) is 4.79 Å². The fourth-order valence-electron chi connectivity index (χ4n) is 2.08. The molecule has 4 nitrogen and oxygen atoms in total. The van der Waals surface area contributed by atoms with Crippen LogP contribution in [-0.2, 0) is 6.54 Å². The maximum absolute atomic E-state index is 11.0. The molecule has 4 heteroatoms. The molecule has 2 aromatic rings. The molecule has 0 heterocycles. The molecule has 0 saturated heterocycles. The van der Waals surface area contributed by atoms with Crippen molar-refractivity contribution in [1.29, 1.82) is 0 Å². The highest BCUT2D eigenvalue weighted by Gasteiger charge is 2.07. The molecule has 0 fully saturated rings. The Morgan fingerprint density at radius 2 is 2.00 bits per heavy atom. The zero-order valence-electron chi connectivity index (χ0n) is 12.2. The predicted molar refractivity (Wildman–Crippen MR) is 83.1 cm³/mol. The first-order chi connectivity index (χ1) is 10.1. The second-order valence-electron chi connectivity index (χ2n) is 4.73. The molecule has 110 valence electrons. The van der Waals surface area contributed by atoms with Crippen LogP contribution in [0.3, 0.4) is 0 Å². The molecule has 0 unspecified atom stereocenters. The Morgan fingerprint density at radius 1 is 1.24 bits per heavy atom. The van der Waals surface area contributed by atoms with Crippen LogP contribution < -0.4 is 10.1 Å². The van der Waals surface area contributed by atoms with Gasteiger partial charge in [-0.15, -0.1) is 0 Å². The Kier molecular flexibility index (Phi) is 4.82. The molecule has 0 aliphatic carbocycles. The third-order valence-electron chi connectivity index (χ3n) is 3.23. The molecule has 0 atom stereocenters. The summed E-state index contributed by atoms with van der Waals surface area (Å²) < 4.78 is 5.58. The lowest BCUT2D eigenvalue weighted by Gasteiger charge is -2.13. The van der Waals surface area contributed by atoms with Crippen molar-refractivity contribution in [3.05, 3.63) is 59.2 Å². The molecule has 21 heavy (non-hydrogen) atoms. The molecule has 2 N–H and O–H groups in total. The third-order valence-corrected chi connectivity index (χ3v) is 3.23. The summed E-state index contributed by atoms with van der Waals surface area (Å²) >= 11 is 0. The van der Waals surface area contributed by atoms with Gasteiger partial charge >= 0.3 is 5.97 Å². The lowest BCUT2D eigenvalue weighted by atomic mass is 10.1. The summed E-state index contributed by atoms with van der Waals surface area (Å²) in [6, 6.07) is 12.9. The minimum absolute atomic E-state index is 0.279. The summed E-state index contributed by atoms with van der Waals surface area (Å²) in [5.41, 5.74) is 3.15. The minimum Gasteiger partial charge on any atom is -0.494 e. The van der Waals surface area contributed by atoms with Gasteiger partial charge in [-0.05, 0) is 37.6 Å². The number of anilines is 1. The quantitative estimate of drug-likeness (QED) is 0.849. The van der Waals surface area contributed by atoms with E-state index in [0.29, 0.717) is 13.2 Å². The highest BCUT2D eigenvalue weighted by Crippen LogP contribution is 2.22. The van der Waals surface area contributed by atoms with Crippen LogP contribution in [-0.4, -0.2) is 17.7 Å². The fraction of sp³-hybridized carbons (Fsp3) is 0.235. The SMILES string of the molecule is CCOc1ccccc1CNc1cc(C(=O)O)ccc1C. The van der Waals surface area contributed by atoms with Gasteiger partial charge in [0.05, 0.1) is 12.2 Å². The van der Waals surface area contributed by atoms with E-state index in [1.54, 1.807) is 18.2 Å². The van der Waals surface area contributed by atoms with E-state index >= 15 is 0 Å². The van der Waals surface area contributed by atoms with Crippen molar-refractivity contribution in [2.45, 2.75) is 20.4 Å². The third kappa shape index (κ3) is 3.75. The molecular weight excluding hydrogens is 266 g/mol. The number of hydrogen-bond donors (Lipinski definition) is 2. The van der Waals surface area contributed by atoms with Gasteiger partial charge in [-0.2, -0.15) is 0 Å². The summed E-state index contributed by atoms with van der Waals surface area (Å²) in [5, 5.41) is 12.3. The topological polar surface area (TPSA) is 58.6 Å². The van der Waals surface area contributed by atoms with Crippen molar-refractivity contribution in [3.63, 3.8) is 0 Å². The Bertz CT molecular complexity index is 638. The van der Waals surface area contributed by atoms with Crippen molar-refractivity contribution in [3.8, 4) is 5.75 Å². The molecule has 0 aliphatic heterocycles. The predicted octanol–water partition coefficient (Wildman–Crippen LogP) is 3.70. The summed E-state index contributed by atoms with van der Waals surface area (Å²) in [6.07, 6.45) is 0. The Balaban J connectivity index is 2.16. The van der Waals surface area contributed by atoms with Crippen LogP contribution in [0.25, 0.3) is 0 Å². The molecule has 0 radical (unpaired) electrons. The molecule has 0 aromatic heterocycles. The van der Waals surface area contributed by atoms with Gasteiger partial charge in [0.15, 0.2) is 0 Å². The standard InChI is InChI=1S/C17H19NO3/c1-3-21-16-7-5-4-6-14(16)11-18-15-10-13(17(19)20)9-8-12(15)2/h4-10,18H,3,11H2,1-2H3,(H,19,20). The summed E-state index contributed by atoms with van der Waals surface area (Å²) in [6.45, 7) is 5.09. The van der Waals surface area contributed by atoms with E-state index in [2.05, 4.69) is 5.32 Å². The molecule has 0 saturated carbocycles. The second-order valence-corrected chi connectivity index (χ2v) is 4.73. The highest BCUT2D eigenvalue weighted by atomic mass is 16.5. The summed E-state index contributed by atoms with van der Waals surface area (Å²) in [5.74, 6) is -0.0766. The Hall–Kier alpha value is -2.49. The van der Waals surface area contributed by atoms with E-state index in [1.165, 1.54) is 0 Å². The minimum atomic E-state index is -0.923. The van der Waals surface area contributed by atoms with E-state index in [1.807, 2.05) is 38.1 Å². The van der Waals surface area contributed by atoms with Crippen molar-refractivity contribution in [2.24, 2.45) is 0 Å². The number of aromatic carboxylic acids is 1. The zero-order valence-corrected chi connectivity index (χ0v) is 12.2. The van der Waals surface area contributed by atoms with Gasteiger partial charge in [0, 0.05) is 17.8 Å². The number of aryl methyl sites for hydroxylation is 1. The van der Waals surface area contributed by atoms with Gasteiger partial charge in [-0.25, -0.2) is 4.79 Å². The number of para-hydroxylation sites is 1. The number of rotatable bonds is 6. The van der Waals surface area contributed by atoms with Crippen LogP contribution in [0.2, 0.25) is 0 Å². The van der Waals surface area contributed by atoms with E-state index in [0.717, 1.165) is 22.6 Å². The maximum Gasteiger partial charge on any atom is 0.335 e. The van der Waals surface area contributed by atoms with Crippen LogP contribution in [0.1, 0.15) is 28.4 Å². The van der Waals surface area contributed by atoms with Gasteiger partial charge in [0.1, 0.15) is 5.75 Å². The van der Waals surface area contributed by atoms with E-state index in [4.69, 9.17) is 9.84 Å².